The second-order valence-corrected chi connectivity index (χ2v) is 34.6. The van der Waals surface area contributed by atoms with Crippen molar-refractivity contribution in [2.24, 2.45) is 0 Å². The molecule has 1 fully saturated rings. The largest absolute Gasteiger partial charge is 0.0802 e. The number of benzene rings is 2. The van der Waals surface area contributed by atoms with Crippen molar-refractivity contribution in [2.45, 2.75) is 157 Å². The zero-order valence-corrected chi connectivity index (χ0v) is 34.4. The Hall–Kier alpha value is 0.0900. The van der Waals surface area contributed by atoms with Crippen LogP contribution < -0.4 is 10.6 Å². The molecule has 3 rings (SSSR count). The highest BCUT2D eigenvalue weighted by molar-refractivity contribution is 9.08. The standard InChI is InChI=1S/C37H60P2S3/c1-32(2,3)24-19-26(34(7,8)9)30(27(20-24)35(10,11)12)38(40)23-39(41,42-38)31-28(36(13,14)15)21-25(33(4,5)6)22-29(31)37(16,17)18/h19-22H,23H2,1-18H3/t38-,39+. The van der Waals surface area contributed by atoms with Crippen LogP contribution >= 0.6 is 21.5 Å². The van der Waals surface area contributed by atoms with Crippen LogP contribution in [0.5, 0.6) is 0 Å². The van der Waals surface area contributed by atoms with E-state index in [1.54, 1.807) is 0 Å². The molecule has 42 heavy (non-hydrogen) atoms. The van der Waals surface area contributed by atoms with E-state index in [4.69, 9.17) is 23.6 Å². The Balaban J connectivity index is 2.39. The van der Waals surface area contributed by atoms with Gasteiger partial charge in [0.05, 0.1) is 0 Å². The summed E-state index contributed by atoms with van der Waals surface area (Å²) in [5, 5.41) is -0.965. The summed E-state index contributed by atoms with van der Waals surface area (Å²) in [6.07, 6.45) is 0. The molecule has 5 heteroatoms. The average Bonchev–Trinajstić information content (AvgIpc) is 2.72. The minimum Gasteiger partial charge on any atom is -0.0802 e. The smallest absolute Gasteiger partial charge is 0.0456 e. The van der Waals surface area contributed by atoms with Gasteiger partial charge in [0.15, 0.2) is 0 Å². The number of rotatable bonds is 2. The summed E-state index contributed by atoms with van der Waals surface area (Å²) in [4.78, 5) is 0. The molecule has 0 bridgehead atoms. The average molecular weight is 663 g/mol. The lowest BCUT2D eigenvalue weighted by molar-refractivity contribution is 0.553. The van der Waals surface area contributed by atoms with Crippen LogP contribution in [0.3, 0.4) is 0 Å². The Morgan fingerprint density at radius 2 is 0.619 bits per heavy atom. The number of hydrogen-bond acceptors (Lipinski definition) is 3. The summed E-state index contributed by atoms with van der Waals surface area (Å²) in [7, 11) is 0. The van der Waals surface area contributed by atoms with Crippen LogP contribution in [-0.2, 0) is 56.1 Å². The Morgan fingerprint density at radius 3 is 0.762 bits per heavy atom. The van der Waals surface area contributed by atoms with Gasteiger partial charge in [0.1, 0.15) is 0 Å². The molecule has 2 atom stereocenters. The van der Waals surface area contributed by atoms with Gasteiger partial charge in [-0.25, -0.2) is 0 Å². The molecule has 2 aromatic carbocycles. The molecule has 2 aromatic rings. The molecule has 236 valence electrons. The van der Waals surface area contributed by atoms with E-state index in [2.05, 4.69) is 160 Å². The Kier molecular flexibility index (Phi) is 9.43. The lowest BCUT2D eigenvalue weighted by Gasteiger charge is -2.49. The summed E-state index contributed by atoms with van der Waals surface area (Å²) in [6, 6.07) is 10.0. The molecule has 0 amide bonds. The fourth-order valence-electron chi connectivity index (χ4n) is 5.83. The van der Waals surface area contributed by atoms with Crippen LogP contribution in [0.2, 0.25) is 0 Å². The van der Waals surface area contributed by atoms with E-state index in [1.807, 2.05) is 0 Å². The minimum atomic E-state index is -1.97. The van der Waals surface area contributed by atoms with Gasteiger partial charge in [-0.15, -0.1) is 0 Å². The Bertz CT molecular complexity index is 1270. The van der Waals surface area contributed by atoms with Crippen molar-refractivity contribution in [1.82, 2.24) is 0 Å². The maximum Gasteiger partial charge on any atom is 0.0456 e. The summed E-state index contributed by atoms with van der Waals surface area (Å²) >= 11 is 15.9. The van der Waals surface area contributed by atoms with Gasteiger partial charge in [-0.2, -0.15) is 0 Å². The molecule has 1 heterocycles. The van der Waals surface area contributed by atoms with Gasteiger partial charge in [-0.3, -0.25) is 0 Å². The highest BCUT2D eigenvalue weighted by Gasteiger charge is 2.51. The van der Waals surface area contributed by atoms with Crippen molar-refractivity contribution in [1.29, 1.82) is 0 Å². The first-order chi connectivity index (χ1) is 18.3. The van der Waals surface area contributed by atoms with Crippen molar-refractivity contribution < 1.29 is 0 Å². The SMILES string of the molecule is CC(C)(C)c1cc(C(C)(C)C)c([P@@]2(=S)C[P@@](=S)(c3c(C(C)(C)C)cc(C(C)(C)C)cc3C(C)(C)C)S2)c(C(C)(C)C)c1. The van der Waals surface area contributed by atoms with E-state index in [0.717, 1.165) is 5.90 Å². The maximum atomic E-state index is 6.89. The van der Waals surface area contributed by atoms with Gasteiger partial charge in [-0.1, -0.05) is 184 Å². The monoisotopic (exact) mass is 662 g/mol. The predicted molar refractivity (Wildman–Crippen MR) is 205 cm³/mol. The molecule has 0 nitrogen and oxygen atoms in total. The van der Waals surface area contributed by atoms with E-state index in [1.165, 1.54) is 44.0 Å². The third-order valence-corrected chi connectivity index (χ3v) is 30.6. The summed E-state index contributed by atoms with van der Waals surface area (Å²) in [5.74, 6) is 0.997. The summed E-state index contributed by atoms with van der Waals surface area (Å²) in [6.45, 7) is 42.4. The molecule has 0 aliphatic carbocycles. The van der Waals surface area contributed by atoms with Gasteiger partial charge < -0.3 is 0 Å². The highest BCUT2D eigenvalue weighted by Crippen LogP contribution is 2.92. The zero-order valence-electron chi connectivity index (χ0n) is 30.1. The molecular weight excluding hydrogens is 603 g/mol. The van der Waals surface area contributed by atoms with Crippen molar-refractivity contribution in [3.05, 3.63) is 57.6 Å². The topological polar surface area (TPSA) is 0 Å². The van der Waals surface area contributed by atoms with Crippen LogP contribution in [0, 0.1) is 0 Å². The highest BCUT2D eigenvalue weighted by atomic mass is 33.2. The van der Waals surface area contributed by atoms with E-state index in [9.17, 15) is 0 Å². The van der Waals surface area contributed by atoms with Crippen molar-refractivity contribution >= 4 is 55.7 Å². The summed E-state index contributed by atoms with van der Waals surface area (Å²) in [5.41, 5.74) is 8.79. The fourth-order valence-corrected chi connectivity index (χ4v) is 36.7. The zero-order chi connectivity index (χ0) is 32.9. The van der Waals surface area contributed by atoms with E-state index in [-0.39, 0.29) is 32.5 Å². The van der Waals surface area contributed by atoms with Gasteiger partial charge in [0.25, 0.3) is 0 Å². The minimum absolute atomic E-state index is 0.00259. The van der Waals surface area contributed by atoms with E-state index >= 15 is 0 Å². The molecular formula is C37H60P2S3. The van der Waals surface area contributed by atoms with Crippen molar-refractivity contribution in [3.8, 4) is 0 Å². The second-order valence-electron chi connectivity index (χ2n) is 18.9. The normalized spacial score (nSPS) is 22.7. The maximum absolute atomic E-state index is 6.89. The molecule has 0 saturated carbocycles. The first-order valence-corrected chi connectivity index (χ1v) is 23.6. The van der Waals surface area contributed by atoms with Gasteiger partial charge >= 0.3 is 0 Å². The van der Waals surface area contributed by atoms with E-state index < -0.39 is 10.5 Å². The molecule has 0 N–H and O–H groups in total. The van der Waals surface area contributed by atoms with Gasteiger partial charge in [0.2, 0.25) is 0 Å². The quantitative estimate of drug-likeness (QED) is 0.294. The first kappa shape index (κ1) is 36.6. The second kappa shape index (κ2) is 10.8. The summed E-state index contributed by atoms with van der Waals surface area (Å²) < 4.78 is 0. The molecule has 0 spiro atoms. The third-order valence-electron chi connectivity index (χ3n) is 8.50. The van der Waals surface area contributed by atoms with Gasteiger partial charge in [-0.05, 0) is 65.9 Å². The molecule has 1 saturated heterocycles. The van der Waals surface area contributed by atoms with Crippen LogP contribution in [0.4, 0.5) is 0 Å². The van der Waals surface area contributed by atoms with Crippen LogP contribution in [0.25, 0.3) is 0 Å². The predicted octanol–water partition coefficient (Wildman–Crippen LogP) is 11.9. The van der Waals surface area contributed by atoms with Gasteiger partial charge in [0, 0.05) is 27.0 Å². The third kappa shape index (κ3) is 7.22. The first-order valence-electron chi connectivity index (χ1n) is 15.6. The van der Waals surface area contributed by atoms with Crippen LogP contribution in [-0.4, -0.2) is 5.90 Å². The molecule has 1 aliphatic heterocycles. The van der Waals surface area contributed by atoms with E-state index in [0.29, 0.717) is 0 Å². The molecule has 0 unspecified atom stereocenters. The molecule has 0 radical (unpaired) electrons. The fraction of sp³-hybridized carbons (Fsp3) is 0.676. The van der Waals surface area contributed by atoms with Crippen molar-refractivity contribution in [2.75, 3.05) is 5.90 Å². The number of hydrogen-bond donors (Lipinski definition) is 0. The Morgan fingerprint density at radius 1 is 0.429 bits per heavy atom. The lowest BCUT2D eigenvalue weighted by atomic mass is 9.75. The van der Waals surface area contributed by atoms with Crippen molar-refractivity contribution in [3.63, 3.8) is 0 Å². The molecule has 1 aliphatic rings. The Labute approximate surface area is 274 Å². The molecule has 0 aromatic heterocycles. The van der Waals surface area contributed by atoms with Crippen LogP contribution in [0.15, 0.2) is 24.3 Å². The lowest BCUT2D eigenvalue weighted by Crippen LogP contribution is -2.37. The van der Waals surface area contributed by atoms with Crippen LogP contribution in [0.1, 0.15) is 158 Å².